The van der Waals surface area contributed by atoms with E-state index in [4.69, 9.17) is 0 Å². The quantitative estimate of drug-likeness (QED) is 0.566. The molecular weight excluding hydrogens is 392 g/mol. The fourth-order valence-electron chi connectivity index (χ4n) is 3.65. The van der Waals surface area contributed by atoms with Crippen molar-refractivity contribution in [2.75, 3.05) is 48.3 Å². The highest BCUT2D eigenvalue weighted by Gasteiger charge is 2.30. The zero-order chi connectivity index (χ0) is 20.4. The molecule has 2 heterocycles. The summed E-state index contributed by atoms with van der Waals surface area (Å²) in [6.07, 6.45) is 0. The average molecular weight is 412 g/mol. The molecule has 0 unspecified atom stereocenters. The lowest BCUT2D eigenvalue weighted by Gasteiger charge is -2.37. The topological polar surface area (TPSA) is 87.0 Å². The molecule has 29 heavy (non-hydrogen) atoms. The van der Waals surface area contributed by atoms with Crippen LogP contribution in [0.5, 0.6) is 0 Å². The summed E-state index contributed by atoms with van der Waals surface area (Å²) in [5.41, 5.74) is 1.42. The van der Waals surface area contributed by atoms with Crippen molar-refractivity contribution in [3.63, 3.8) is 0 Å². The third kappa shape index (κ3) is 3.91. The van der Waals surface area contributed by atoms with Gasteiger partial charge in [0.2, 0.25) is 11.8 Å². The van der Waals surface area contributed by atoms with E-state index in [-0.39, 0.29) is 29.0 Å². The fraction of sp³-hybridized carbons (Fsp3) is 0.300. The van der Waals surface area contributed by atoms with Crippen LogP contribution in [-0.2, 0) is 9.59 Å². The minimum Gasteiger partial charge on any atom is -0.362 e. The number of para-hydroxylation sites is 3. The van der Waals surface area contributed by atoms with E-state index >= 15 is 0 Å². The molecule has 2 aromatic carbocycles. The van der Waals surface area contributed by atoms with E-state index in [2.05, 4.69) is 0 Å². The number of nitrogens with zero attached hydrogens (tertiary/aromatic N) is 4. The number of carbonyl (C=O) groups is 2. The van der Waals surface area contributed by atoms with Gasteiger partial charge in [0.25, 0.3) is 5.69 Å². The molecule has 8 nitrogen and oxygen atoms in total. The molecule has 0 radical (unpaired) electrons. The van der Waals surface area contributed by atoms with E-state index < -0.39 is 0 Å². The van der Waals surface area contributed by atoms with Crippen molar-refractivity contribution in [2.45, 2.75) is 4.90 Å². The number of carbonyl (C=O) groups excluding carboxylic acids is 2. The maximum atomic E-state index is 12.8. The summed E-state index contributed by atoms with van der Waals surface area (Å²) in [6.45, 7) is 1.96. The average Bonchev–Trinajstić information content (AvgIpc) is 2.75. The summed E-state index contributed by atoms with van der Waals surface area (Å²) in [7, 11) is 0. The van der Waals surface area contributed by atoms with Crippen LogP contribution in [0.25, 0.3) is 0 Å². The summed E-state index contributed by atoms with van der Waals surface area (Å²) < 4.78 is 0. The Kier molecular flexibility index (Phi) is 5.39. The minimum absolute atomic E-state index is 0.0158. The smallest absolute Gasteiger partial charge is 0.292 e. The first-order valence-corrected chi connectivity index (χ1v) is 10.3. The van der Waals surface area contributed by atoms with Crippen LogP contribution in [0.2, 0.25) is 0 Å². The summed E-state index contributed by atoms with van der Waals surface area (Å²) in [5, 5.41) is 11.3. The van der Waals surface area contributed by atoms with E-state index in [0.717, 1.165) is 10.6 Å². The van der Waals surface area contributed by atoms with Gasteiger partial charge in [0.1, 0.15) is 12.2 Å². The van der Waals surface area contributed by atoms with E-state index in [0.29, 0.717) is 37.6 Å². The Labute approximate surface area is 172 Å². The predicted octanol–water partition coefficient (Wildman–Crippen LogP) is 2.38. The molecule has 0 aromatic heterocycles. The molecule has 150 valence electrons. The Morgan fingerprint density at radius 1 is 1.00 bits per heavy atom. The Bertz CT molecular complexity index is 959. The SMILES string of the molecule is O=C(CN1C(=O)CSc2ccccc21)N1CCN(c2ccccc2[N+](=O)[O-])CC1. The van der Waals surface area contributed by atoms with Gasteiger partial charge in [-0.2, -0.15) is 0 Å². The number of piperazine rings is 1. The second-order valence-corrected chi connectivity index (χ2v) is 7.87. The van der Waals surface area contributed by atoms with E-state index in [9.17, 15) is 19.7 Å². The number of thioether (sulfide) groups is 1. The number of hydrogen-bond acceptors (Lipinski definition) is 6. The first-order valence-electron chi connectivity index (χ1n) is 9.33. The van der Waals surface area contributed by atoms with Crippen LogP contribution in [0, 0.1) is 10.1 Å². The number of fused-ring (bicyclic) bond motifs is 1. The van der Waals surface area contributed by atoms with Crippen LogP contribution in [0.1, 0.15) is 0 Å². The molecule has 0 N–H and O–H groups in total. The monoisotopic (exact) mass is 412 g/mol. The van der Waals surface area contributed by atoms with Gasteiger partial charge >= 0.3 is 0 Å². The predicted molar refractivity (Wildman–Crippen MR) is 111 cm³/mol. The van der Waals surface area contributed by atoms with E-state index in [1.807, 2.05) is 29.2 Å². The number of rotatable bonds is 4. The van der Waals surface area contributed by atoms with Crippen molar-refractivity contribution < 1.29 is 14.5 Å². The Balaban J connectivity index is 1.42. The maximum Gasteiger partial charge on any atom is 0.292 e. The molecule has 2 aliphatic heterocycles. The van der Waals surface area contributed by atoms with Gasteiger partial charge in [0.15, 0.2) is 0 Å². The lowest BCUT2D eigenvalue weighted by atomic mass is 10.2. The highest BCUT2D eigenvalue weighted by Crippen LogP contribution is 2.35. The molecule has 2 amide bonds. The summed E-state index contributed by atoms with van der Waals surface area (Å²) in [5.74, 6) is 0.151. The van der Waals surface area contributed by atoms with Gasteiger partial charge in [-0.25, -0.2) is 0 Å². The van der Waals surface area contributed by atoms with Gasteiger partial charge in [-0.05, 0) is 18.2 Å². The van der Waals surface area contributed by atoms with E-state index in [1.165, 1.54) is 17.8 Å². The van der Waals surface area contributed by atoms with Crippen LogP contribution in [0.15, 0.2) is 53.4 Å². The standard InChI is InChI=1S/C20H20N4O4S/c25-19(13-23-17-7-3-4-8-18(17)29-14-20(23)26)22-11-9-21(10-12-22)15-5-1-2-6-16(15)24(27)28/h1-8H,9-14H2. The van der Waals surface area contributed by atoms with Crippen molar-refractivity contribution in [3.05, 3.63) is 58.6 Å². The lowest BCUT2D eigenvalue weighted by Crippen LogP contribution is -2.52. The molecular formula is C20H20N4O4S. The van der Waals surface area contributed by atoms with E-state index in [1.54, 1.807) is 28.0 Å². The van der Waals surface area contributed by atoms with Gasteiger partial charge < -0.3 is 14.7 Å². The molecule has 4 rings (SSSR count). The number of hydrogen-bond donors (Lipinski definition) is 0. The zero-order valence-electron chi connectivity index (χ0n) is 15.7. The zero-order valence-corrected chi connectivity index (χ0v) is 16.5. The molecule has 0 bridgehead atoms. The summed E-state index contributed by atoms with van der Waals surface area (Å²) >= 11 is 1.49. The first kappa shape index (κ1) is 19.3. The van der Waals surface area contributed by atoms with Crippen molar-refractivity contribution in [3.8, 4) is 0 Å². The highest BCUT2D eigenvalue weighted by atomic mass is 32.2. The molecule has 1 saturated heterocycles. The van der Waals surface area contributed by atoms with Crippen molar-refractivity contribution in [1.82, 2.24) is 4.90 Å². The van der Waals surface area contributed by atoms with Gasteiger partial charge in [0.05, 0.1) is 16.4 Å². The lowest BCUT2D eigenvalue weighted by molar-refractivity contribution is -0.384. The Morgan fingerprint density at radius 2 is 1.66 bits per heavy atom. The second kappa shape index (κ2) is 8.12. The van der Waals surface area contributed by atoms with Gasteiger partial charge in [-0.1, -0.05) is 24.3 Å². The fourth-order valence-corrected chi connectivity index (χ4v) is 4.58. The largest absolute Gasteiger partial charge is 0.362 e. The summed E-state index contributed by atoms with van der Waals surface area (Å²) in [4.78, 5) is 42.3. The molecule has 0 spiro atoms. The number of nitro groups is 1. The van der Waals surface area contributed by atoms with Crippen LogP contribution in [0.4, 0.5) is 17.1 Å². The van der Waals surface area contributed by atoms with Crippen LogP contribution in [-0.4, -0.2) is 60.1 Å². The minimum atomic E-state index is -0.385. The van der Waals surface area contributed by atoms with Gasteiger partial charge in [-0.3, -0.25) is 19.7 Å². The van der Waals surface area contributed by atoms with Crippen LogP contribution < -0.4 is 9.80 Å². The number of benzene rings is 2. The molecule has 0 aliphatic carbocycles. The number of amides is 2. The number of nitro benzene ring substituents is 1. The van der Waals surface area contributed by atoms with Crippen LogP contribution in [0.3, 0.4) is 0 Å². The third-order valence-corrected chi connectivity index (χ3v) is 6.20. The van der Waals surface area contributed by atoms with Crippen molar-refractivity contribution >= 4 is 40.6 Å². The van der Waals surface area contributed by atoms with Gasteiger partial charge in [0, 0.05) is 37.1 Å². The molecule has 2 aromatic rings. The normalized spacial score (nSPS) is 16.6. The number of anilines is 2. The maximum absolute atomic E-state index is 12.8. The Morgan fingerprint density at radius 3 is 2.38 bits per heavy atom. The van der Waals surface area contributed by atoms with Gasteiger partial charge in [-0.15, -0.1) is 11.8 Å². The molecule has 1 fully saturated rings. The first-order chi connectivity index (χ1) is 14.0. The Hall–Kier alpha value is -3.07. The summed E-state index contributed by atoms with van der Waals surface area (Å²) in [6, 6.07) is 14.2. The van der Waals surface area contributed by atoms with Crippen molar-refractivity contribution in [1.29, 1.82) is 0 Å². The third-order valence-electron chi connectivity index (χ3n) is 5.15. The molecule has 9 heteroatoms. The van der Waals surface area contributed by atoms with Crippen molar-refractivity contribution in [2.24, 2.45) is 0 Å². The molecule has 0 saturated carbocycles. The molecule has 0 atom stereocenters. The van der Waals surface area contributed by atoms with Crippen LogP contribution >= 0.6 is 11.8 Å². The second-order valence-electron chi connectivity index (χ2n) is 6.85. The highest BCUT2D eigenvalue weighted by molar-refractivity contribution is 8.00. The molecule has 2 aliphatic rings.